The van der Waals surface area contributed by atoms with Gasteiger partial charge in [0.2, 0.25) is 0 Å². The number of halogens is 1. The van der Waals surface area contributed by atoms with Gasteiger partial charge in [0.05, 0.1) is 13.2 Å². The Hall–Kier alpha value is -0.250. The number of ether oxygens (including phenoxy) is 2. The molecule has 0 saturated heterocycles. The molecule has 0 radical (unpaired) electrons. The van der Waals surface area contributed by atoms with Gasteiger partial charge in [0.15, 0.2) is 0 Å². The molecule has 0 amide bonds. The highest BCUT2D eigenvalue weighted by Crippen LogP contribution is 2.09. The number of rotatable bonds is 15. The van der Waals surface area contributed by atoms with Crippen LogP contribution in [0.25, 0.3) is 0 Å². The quantitative estimate of drug-likeness (QED) is 0.196. The van der Waals surface area contributed by atoms with Crippen LogP contribution in [0.2, 0.25) is 0 Å². The van der Waals surface area contributed by atoms with Crippen molar-refractivity contribution in [1.82, 2.24) is 0 Å². The lowest BCUT2D eigenvalue weighted by Crippen LogP contribution is -2.09. The monoisotopic (exact) mass is 364 g/mol. The predicted octanol–water partition coefficient (Wildman–Crippen LogP) is 6.24. The molecule has 4 heteroatoms. The summed E-state index contributed by atoms with van der Waals surface area (Å²) in [6.45, 7) is 3.22. The molecule has 126 valence electrons. The molecule has 3 nitrogen and oxygen atoms in total. The summed E-state index contributed by atoms with van der Waals surface area (Å²) in [4.78, 5) is 11.3. The first kappa shape index (κ1) is 20.8. The molecule has 0 rings (SSSR count). The summed E-state index contributed by atoms with van der Waals surface area (Å²) in [5, 5.41) is 1.01. The topological polar surface area (TPSA) is 35.5 Å². The van der Waals surface area contributed by atoms with Crippen molar-refractivity contribution >= 4 is 22.1 Å². The van der Waals surface area contributed by atoms with Crippen LogP contribution in [0.3, 0.4) is 0 Å². The van der Waals surface area contributed by atoms with Crippen LogP contribution in [0.4, 0.5) is 4.79 Å². The zero-order valence-corrected chi connectivity index (χ0v) is 15.3. The number of carbonyl (C=O) groups excluding carboxylic acids is 1. The standard InChI is InChI=1S/C17H33BrO3/c1-2-3-4-5-6-7-8-9-12-15-20-17(19)21-16-13-10-11-14-18/h2-16H2,1H3. The largest absolute Gasteiger partial charge is 0.508 e. The summed E-state index contributed by atoms with van der Waals surface area (Å²) in [6.07, 6.45) is 14.0. The van der Waals surface area contributed by atoms with Gasteiger partial charge in [0.1, 0.15) is 0 Å². The number of carbonyl (C=O) groups is 1. The zero-order valence-electron chi connectivity index (χ0n) is 13.7. The van der Waals surface area contributed by atoms with E-state index in [1.54, 1.807) is 0 Å². The van der Waals surface area contributed by atoms with Gasteiger partial charge in [-0.25, -0.2) is 4.79 Å². The lowest BCUT2D eigenvalue weighted by Gasteiger charge is -2.06. The Balaban J connectivity index is 3.11. The van der Waals surface area contributed by atoms with Crippen LogP contribution in [-0.4, -0.2) is 24.7 Å². The normalized spacial score (nSPS) is 10.6. The Labute approximate surface area is 139 Å². The van der Waals surface area contributed by atoms with E-state index < -0.39 is 6.16 Å². The summed E-state index contributed by atoms with van der Waals surface area (Å²) in [6, 6.07) is 0. The van der Waals surface area contributed by atoms with Crippen LogP contribution in [0.15, 0.2) is 0 Å². The van der Waals surface area contributed by atoms with Gasteiger partial charge in [-0.2, -0.15) is 0 Å². The van der Waals surface area contributed by atoms with Gasteiger partial charge >= 0.3 is 6.16 Å². The summed E-state index contributed by atoms with van der Waals surface area (Å²) in [5.74, 6) is 0. The van der Waals surface area contributed by atoms with E-state index in [1.165, 1.54) is 44.9 Å². The van der Waals surface area contributed by atoms with Gasteiger partial charge in [-0.3, -0.25) is 0 Å². The second-order valence-electron chi connectivity index (χ2n) is 5.52. The zero-order chi connectivity index (χ0) is 15.6. The Morgan fingerprint density at radius 2 is 1.14 bits per heavy atom. The van der Waals surface area contributed by atoms with Crippen molar-refractivity contribution in [2.24, 2.45) is 0 Å². The Bertz CT molecular complexity index is 222. The van der Waals surface area contributed by atoms with Crippen molar-refractivity contribution in [3.63, 3.8) is 0 Å². The van der Waals surface area contributed by atoms with Crippen LogP contribution in [0.5, 0.6) is 0 Å². The molecule has 0 aromatic rings. The number of hydrogen-bond acceptors (Lipinski definition) is 3. The average Bonchev–Trinajstić information content (AvgIpc) is 2.49. The first-order valence-electron chi connectivity index (χ1n) is 8.66. The summed E-state index contributed by atoms with van der Waals surface area (Å²) >= 11 is 3.37. The maximum Gasteiger partial charge on any atom is 0.508 e. The first-order chi connectivity index (χ1) is 10.3. The highest BCUT2D eigenvalue weighted by Gasteiger charge is 2.02. The van der Waals surface area contributed by atoms with Crippen molar-refractivity contribution in [1.29, 1.82) is 0 Å². The lowest BCUT2D eigenvalue weighted by molar-refractivity contribution is 0.0530. The fourth-order valence-corrected chi connectivity index (χ4v) is 2.54. The molecule has 0 aliphatic heterocycles. The van der Waals surface area contributed by atoms with Gasteiger partial charge in [-0.15, -0.1) is 0 Å². The summed E-state index contributed by atoms with van der Waals surface area (Å²) in [5.41, 5.74) is 0. The molecule has 0 spiro atoms. The molecule has 0 N–H and O–H groups in total. The molecule has 0 atom stereocenters. The van der Waals surface area contributed by atoms with Gasteiger partial charge in [0.25, 0.3) is 0 Å². The highest BCUT2D eigenvalue weighted by molar-refractivity contribution is 9.09. The van der Waals surface area contributed by atoms with Crippen LogP contribution in [-0.2, 0) is 9.47 Å². The van der Waals surface area contributed by atoms with E-state index in [1.807, 2.05) is 0 Å². The van der Waals surface area contributed by atoms with Crippen molar-refractivity contribution < 1.29 is 14.3 Å². The minimum absolute atomic E-state index is 0.476. The molecule has 0 aliphatic carbocycles. The van der Waals surface area contributed by atoms with E-state index in [-0.39, 0.29) is 0 Å². The molecule has 0 saturated carbocycles. The third kappa shape index (κ3) is 17.7. The Morgan fingerprint density at radius 1 is 0.714 bits per heavy atom. The highest BCUT2D eigenvalue weighted by atomic mass is 79.9. The molecule has 0 fully saturated rings. The summed E-state index contributed by atoms with van der Waals surface area (Å²) < 4.78 is 10.0. The van der Waals surface area contributed by atoms with E-state index in [2.05, 4.69) is 22.9 Å². The van der Waals surface area contributed by atoms with Crippen molar-refractivity contribution in [2.45, 2.75) is 84.0 Å². The Morgan fingerprint density at radius 3 is 1.62 bits per heavy atom. The van der Waals surface area contributed by atoms with Crippen molar-refractivity contribution in [3.8, 4) is 0 Å². The SMILES string of the molecule is CCCCCCCCCCCOC(=O)OCCCCCBr. The minimum Gasteiger partial charge on any atom is -0.434 e. The molecule has 0 aliphatic rings. The number of alkyl halides is 1. The molecule has 21 heavy (non-hydrogen) atoms. The smallest absolute Gasteiger partial charge is 0.434 e. The predicted molar refractivity (Wildman–Crippen MR) is 92.2 cm³/mol. The van der Waals surface area contributed by atoms with Crippen LogP contribution >= 0.6 is 15.9 Å². The van der Waals surface area contributed by atoms with Gasteiger partial charge in [-0.05, 0) is 25.7 Å². The van der Waals surface area contributed by atoms with Crippen LogP contribution < -0.4 is 0 Å². The summed E-state index contributed by atoms with van der Waals surface area (Å²) in [7, 11) is 0. The van der Waals surface area contributed by atoms with Gasteiger partial charge in [0, 0.05) is 5.33 Å². The van der Waals surface area contributed by atoms with E-state index >= 15 is 0 Å². The van der Waals surface area contributed by atoms with Gasteiger partial charge in [-0.1, -0.05) is 74.2 Å². The molecule has 0 bridgehead atoms. The van der Waals surface area contributed by atoms with E-state index in [0.717, 1.165) is 37.4 Å². The second kappa shape index (κ2) is 17.8. The van der Waals surface area contributed by atoms with Gasteiger partial charge < -0.3 is 9.47 Å². The van der Waals surface area contributed by atoms with E-state index in [4.69, 9.17) is 9.47 Å². The fraction of sp³-hybridized carbons (Fsp3) is 0.941. The third-order valence-electron chi connectivity index (χ3n) is 3.47. The fourth-order valence-electron chi connectivity index (χ4n) is 2.14. The molecule has 0 heterocycles. The number of unbranched alkanes of at least 4 members (excludes halogenated alkanes) is 10. The first-order valence-corrected chi connectivity index (χ1v) is 9.79. The molecule has 0 aromatic carbocycles. The van der Waals surface area contributed by atoms with Crippen molar-refractivity contribution in [3.05, 3.63) is 0 Å². The molecular formula is C17H33BrO3. The maximum atomic E-state index is 11.3. The lowest BCUT2D eigenvalue weighted by atomic mass is 10.1. The third-order valence-corrected chi connectivity index (χ3v) is 4.03. The van der Waals surface area contributed by atoms with E-state index in [0.29, 0.717) is 13.2 Å². The number of hydrogen-bond donors (Lipinski definition) is 0. The van der Waals surface area contributed by atoms with Crippen LogP contribution in [0.1, 0.15) is 84.0 Å². The Kier molecular flexibility index (Phi) is 17.6. The minimum atomic E-state index is -0.506. The average molecular weight is 365 g/mol. The second-order valence-corrected chi connectivity index (χ2v) is 6.32. The van der Waals surface area contributed by atoms with E-state index in [9.17, 15) is 4.79 Å². The molecule has 0 aromatic heterocycles. The molecular weight excluding hydrogens is 332 g/mol. The maximum absolute atomic E-state index is 11.3. The molecule has 0 unspecified atom stereocenters. The van der Waals surface area contributed by atoms with Crippen LogP contribution in [0, 0.1) is 0 Å². The van der Waals surface area contributed by atoms with Crippen molar-refractivity contribution in [2.75, 3.05) is 18.5 Å².